The van der Waals surface area contributed by atoms with Crippen molar-refractivity contribution in [2.75, 3.05) is 20.3 Å². The summed E-state index contributed by atoms with van der Waals surface area (Å²) in [6, 6.07) is 2.34. The highest BCUT2D eigenvalue weighted by molar-refractivity contribution is 7.12. The largest absolute Gasteiger partial charge is 0.480 e. The summed E-state index contributed by atoms with van der Waals surface area (Å²) in [5.41, 5.74) is 0. The molecule has 0 fully saturated rings. The number of carbonyl (C=O) groups excluding carboxylic acids is 2. The lowest BCUT2D eigenvalue weighted by Crippen LogP contribution is -2.45. The van der Waals surface area contributed by atoms with E-state index in [1.807, 2.05) is 0 Å². The highest BCUT2D eigenvalue weighted by Crippen LogP contribution is 2.07. The standard InChI is InChI=1S/C12H16N2O5S/c1-19-5-4-8(12(17)18)14-10(15)7-13-11(16)9-3-2-6-20-9/h2-3,6,8H,4-5,7H2,1H3,(H,13,16)(H,14,15)(H,17,18). The summed E-state index contributed by atoms with van der Waals surface area (Å²) >= 11 is 1.26. The van der Waals surface area contributed by atoms with Crippen LogP contribution in [0.4, 0.5) is 0 Å². The minimum atomic E-state index is -1.14. The van der Waals surface area contributed by atoms with Gasteiger partial charge >= 0.3 is 5.97 Å². The Hall–Kier alpha value is -1.93. The Kier molecular flexibility index (Phi) is 6.68. The molecule has 20 heavy (non-hydrogen) atoms. The van der Waals surface area contributed by atoms with E-state index >= 15 is 0 Å². The molecule has 0 aliphatic rings. The van der Waals surface area contributed by atoms with E-state index < -0.39 is 17.9 Å². The molecule has 0 radical (unpaired) electrons. The molecular formula is C12H16N2O5S. The van der Waals surface area contributed by atoms with Crippen LogP contribution in [0.1, 0.15) is 16.1 Å². The molecule has 7 nitrogen and oxygen atoms in total. The predicted octanol–water partition coefficient (Wildman–Crippen LogP) is 0.0838. The molecular weight excluding hydrogens is 284 g/mol. The minimum absolute atomic E-state index is 0.163. The molecule has 0 bridgehead atoms. The number of methoxy groups -OCH3 is 1. The summed E-state index contributed by atoms with van der Waals surface area (Å²) in [5.74, 6) is -2.06. The molecule has 1 atom stereocenters. The Bertz CT molecular complexity index is 460. The average molecular weight is 300 g/mol. The molecule has 1 aromatic heterocycles. The molecule has 0 aromatic carbocycles. The number of hydrogen-bond donors (Lipinski definition) is 3. The topological polar surface area (TPSA) is 105 Å². The van der Waals surface area contributed by atoms with E-state index in [9.17, 15) is 14.4 Å². The normalized spacial score (nSPS) is 11.7. The van der Waals surface area contributed by atoms with Crippen LogP contribution < -0.4 is 10.6 Å². The average Bonchev–Trinajstić information content (AvgIpc) is 2.94. The molecule has 1 aromatic rings. The molecule has 0 saturated carbocycles. The zero-order valence-electron chi connectivity index (χ0n) is 10.9. The minimum Gasteiger partial charge on any atom is -0.480 e. The SMILES string of the molecule is COCCC(NC(=O)CNC(=O)c1cccs1)C(=O)O. The van der Waals surface area contributed by atoms with Gasteiger partial charge in [-0.05, 0) is 11.4 Å². The molecule has 0 spiro atoms. The number of carboxylic acid groups (broad SMARTS) is 1. The van der Waals surface area contributed by atoms with Gasteiger partial charge in [0, 0.05) is 20.1 Å². The Morgan fingerprint density at radius 3 is 2.75 bits per heavy atom. The van der Waals surface area contributed by atoms with Gasteiger partial charge in [-0.2, -0.15) is 0 Å². The lowest BCUT2D eigenvalue weighted by molar-refractivity contribution is -0.142. The van der Waals surface area contributed by atoms with Crippen molar-refractivity contribution in [3.63, 3.8) is 0 Å². The first kappa shape index (κ1) is 16.1. The second kappa shape index (κ2) is 8.28. The van der Waals surface area contributed by atoms with Crippen molar-refractivity contribution in [3.05, 3.63) is 22.4 Å². The van der Waals surface area contributed by atoms with Gasteiger partial charge in [0.15, 0.2) is 0 Å². The number of hydrogen-bond acceptors (Lipinski definition) is 5. The van der Waals surface area contributed by atoms with Crippen LogP contribution in [0, 0.1) is 0 Å². The number of aliphatic carboxylic acids is 1. The summed E-state index contributed by atoms with van der Waals surface area (Å²) in [5, 5.41) is 15.4. The predicted molar refractivity (Wildman–Crippen MR) is 72.7 cm³/mol. The molecule has 3 N–H and O–H groups in total. The van der Waals surface area contributed by atoms with Gasteiger partial charge in [-0.3, -0.25) is 9.59 Å². The van der Waals surface area contributed by atoms with Crippen LogP contribution in [0.5, 0.6) is 0 Å². The second-order valence-electron chi connectivity index (χ2n) is 3.90. The van der Waals surface area contributed by atoms with E-state index in [4.69, 9.17) is 9.84 Å². The van der Waals surface area contributed by atoms with Crippen molar-refractivity contribution in [1.29, 1.82) is 0 Å². The lowest BCUT2D eigenvalue weighted by atomic mass is 10.2. The van der Waals surface area contributed by atoms with Crippen molar-refractivity contribution < 1.29 is 24.2 Å². The zero-order valence-corrected chi connectivity index (χ0v) is 11.7. The highest BCUT2D eigenvalue weighted by Gasteiger charge is 2.19. The maximum Gasteiger partial charge on any atom is 0.326 e. The van der Waals surface area contributed by atoms with Crippen LogP contribution in [-0.2, 0) is 14.3 Å². The third-order valence-electron chi connectivity index (χ3n) is 2.40. The van der Waals surface area contributed by atoms with Gasteiger partial charge in [0.2, 0.25) is 5.91 Å². The number of ether oxygens (including phenoxy) is 1. The number of carbonyl (C=O) groups is 3. The number of amides is 2. The van der Waals surface area contributed by atoms with Gasteiger partial charge in [-0.1, -0.05) is 6.07 Å². The number of nitrogens with one attached hydrogen (secondary N) is 2. The molecule has 0 aliphatic heterocycles. The van der Waals surface area contributed by atoms with Crippen LogP contribution in [-0.4, -0.2) is 49.2 Å². The van der Waals surface area contributed by atoms with Crippen LogP contribution >= 0.6 is 11.3 Å². The molecule has 110 valence electrons. The van der Waals surface area contributed by atoms with Crippen molar-refractivity contribution in [2.24, 2.45) is 0 Å². The van der Waals surface area contributed by atoms with Gasteiger partial charge in [0.1, 0.15) is 6.04 Å². The molecule has 1 heterocycles. The van der Waals surface area contributed by atoms with E-state index in [0.29, 0.717) is 4.88 Å². The lowest BCUT2D eigenvalue weighted by Gasteiger charge is -2.14. The summed E-state index contributed by atoms with van der Waals surface area (Å²) in [7, 11) is 1.45. The Morgan fingerprint density at radius 2 is 2.20 bits per heavy atom. The fraction of sp³-hybridized carbons (Fsp3) is 0.417. The first-order chi connectivity index (χ1) is 9.54. The fourth-order valence-corrected chi connectivity index (χ4v) is 2.03. The van der Waals surface area contributed by atoms with Gasteiger partial charge in [0.25, 0.3) is 5.91 Å². The third-order valence-corrected chi connectivity index (χ3v) is 3.27. The zero-order chi connectivity index (χ0) is 15.0. The molecule has 8 heteroatoms. The summed E-state index contributed by atoms with van der Waals surface area (Å²) in [6.07, 6.45) is 0.163. The van der Waals surface area contributed by atoms with Gasteiger partial charge in [-0.15, -0.1) is 11.3 Å². The first-order valence-electron chi connectivity index (χ1n) is 5.87. The van der Waals surface area contributed by atoms with Gasteiger partial charge in [0.05, 0.1) is 11.4 Å². The summed E-state index contributed by atoms with van der Waals surface area (Å²) < 4.78 is 4.77. The fourth-order valence-electron chi connectivity index (χ4n) is 1.39. The van der Waals surface area contributed by atoms with Crippen LogP contribution in [0.2, 0.25) is 0 Å². The summed E-state index contributed by atoms with van der Waals surface area (Å²) in [6.45, 7) is -0.0493. The van der Waals surface area contributed by atoms with Gasteiger partial charge in [-0.25, -0.2) is 4.79 Å². The smallest absolute Gasteiger partial charge is 0.326 e. The van der Waals surface area contributed by atoms with Crippen molar-refractivity contribution in [2.45, 2.75) is 12.5 Å². The molecule has 2 amide bonds. The molecule has 1 unspecified atom stereocenters. The quantitative estimate of drug-likeness (QED) is 0.631. The maximum absolute atomic E-state index is 11.6. The Labute approximate surface area is 119 Å². The third kappa shape index (κ3) is 5.37. The van der Waals surface area contributed by atoms with Crippen molar-refractivity contribution >= 4 is 29.1 Å². The first-order valence-corrected chi connectivity index (χ1v) is 6.75. The molecule has 1 rings (SSSR count). The van der Waals surface area contributed by atoms with E-state index in [2.05, 4.69) is 10.6 Å². The van der Waals surface area contributed by atoms with Crippen LogP contribution in [0.15, 0.2) is 17.5 Å². The Balaban J connectivity index is 2.38. The van der Waals surface area contributed by atoms with Gasteiger partial charge < -0.3 is 20.5 Å². The molecule has 0 aliphatic carbocycles. The number of thiophene rings is 1. The Morgan fingerprint density at radius 1 is 1.45 bits per heavy atom. The van der Waals surface area contributed by atoms with E-state index in [-0.39, 0.29) is 25.5 Å². The van der Waals surface area contributed by atoms with E-state index in [1.54, 1.807) is 17.5 Å². The number of carboxylic acids is 1. The second-order valence-corrected chi connectivity index (χ2v) is 4.85. The highest BCUT2D eigenvalue weighted by atomic mass is 32.1. The van der Waals surface area contributed by atoms with Crippen LogP contribution in [0.3, 0.4) is 0 Å². The van der Waals surface area contributed by atoms with Crippen molar-refractivity contribution in [1.82, 2.24) is 10.6 Å². The van der Waals surface area contributed by atoms with Crippen molar-refractivity contribution in [3.8, 4) is 0 Å². The monoisotopic (exact) mass is 300 g/mol. The van der Waals surface area contributed by atoms with E-state index in [0.717, 1.165) is 0 Å². The van der Waals surface area contributed by atoms with Crippen LogP contribution in [0.25, 0.3) is 0 Å². The maximum atomic E-state index is 11.6. The van der Waals surface area contributed by atoms with E-state index in [1.165, 1.54) is 18.4 Å². The molecule has 0 saturated heterocycles. The summed E-state index contributed by atoms with van der Waals surface area (Å²) in [4.78, 5) is 34.6. The number of rotatable bonds is 8.